The van der Waals surface area contributed by atoms with Gasteiger partial charge in [-0.15, -0.1) is 0 Å². The number of carbonyl (C=O) groups is 1. The maximum Gasteiger partial charge on any atom is 0.274 e. The van der Waals surface area contributed by atoms with Gasteiger partial charge in [-0.25, -0.2) is 9.97 Å². The van der Waals surface area contributed by atoms with Crippen molar-refractivity contribution in [1.29, 1.82) is 0 Å². The first kappa shape index (κ1) is 16.6. The maximum atomic E-state index is 12.4. The number of carbonyl (C=O) groups excluding carboxylic acids is 1. The van der Waals surface area contributed by atoms with Gasteiger partial charge in [0.05, 0.1) is 0 Å². The molecule has 5 nitrogen and oxygen atoms in total. The molecule has 0 aliphatic heterocycles. The van der Waals surface area contributed by atoms with Crippen molar-refractivity contribution in [3.8, 4) is 0 Å². The highest BCUT2D eigenvalue weighted by Gasteiger charge is 2.10. The normalized spacial score (nSPS) is 10.3. The molecule has 3 rings (SSSR count). The van der Waals surface area contributed by atoms with Crippen LogP contribution in [-0.2, 0) is 6.42 Å². The number of hydrogen-bond acceptors (Lipinski definition) is 4. The van der Waals surface area contributed by atoms with Crippen molar-refractivity contribution >= 4 is 17.4 Å². The summed E-state index contributed by atoms with van der Waals surface area (Å²) in [5.41, 5.74) is 2.34. The van der Waals surface area contributed by atoms with Crippen LogP contribution in [0.2, 0.25) is 0 Å². The molecule has 2 aromatic carbocycles. The smallest absolute Gasteiger partial charge is 0.274 e. The standard InChI is InChI=1S/C20H20N4O/c1-15-22-18(20(25)24-17-10-6-3-7-11-17)14-19(23-15)21-13-12-16-8-4-2-5-9-16/h2-11,14H,12-13H2,1H3,(H,24,25)(H,21,22,23). The lowest BCUT2D eigenvalue weighted by atomic mass is 10.1. The zero-order valence-corrected chi connectivity index (χ0v) is 14.1. The molecular weight excluding hydrogens is 312 g/mol. The molecular formula is C20H20N4O. The number of benzene rings is 2. The number of rotatable bonds is 6. The molecule has 0 saturated carbocycles. The largest absolute Gasteiger partial charge is 0.370 e. The van der Waals surface area contributed by atoms with Crippen molar-refractivity contribution in [1.82, 2.24) is 9.97 Å². The molecule has 0 spiro atoms. The number of aryl methyl sites for hydroxylation is 1. The van der Waals surface area contributed by atoms with E-state index in [4.69, 9.17) is 0 Å². The summed E-state index contributed by atoms with van der Waals surface area (Å²) in [7, 11) is 0. The average molecular weight is 332 g/mol. The second-order valence-corrected chi connectivity index (χ2v) is 5.67. The molecule has 126 valence electrons. The van der Waals surface area contributed by atoms with Crippen LogP contribution in [-0.4, -0.2) is 22.4 Å². The third-order valence-electron chi connectivity index (χ3n) is 3.66. The van der Waals surface area contributed by atoms with E-state index < -0.39 is 0 Å². The van der Waals surface area contributed by atoms with Crippen molar-refractivity contribution in [3.05, 3.63) is 83.8 Å². The van der Waals surface area contributed by atoms with Crippen LogP contribution in [0, 0.1) is 6.92 Å². The van der Waals surface area contributed by atoms with Crippen LogP contribution in [0.1, 0.15) is 21.9 Å². The van der Waals surface area contributed by atoms with Gasteiger partial charge < -0.3 is 10.6 Å². The van der Waals surface area contributed by atoms with Crippen LogP contribution in [0.25, 0.3) is 0 Å². The highest BCUT2D eigenvalue weighted by Crippen LogP contribution is 2.11. The Morgan fingerprint density at radius 1 is 0.960 bits per heavy atom. The Morgan fingerprint density at radius 3 is 2.36 bits per heavy atom. The Bertz CT molecular complexity index is 835. The summed E-state index contributed by atoms with van der Waals surface area (Å²) in [6.45, 7) is 2.52. The minimum absolute atomic E-state index is 0.247. The summed E-state index contributed by atoms with van der Waals surface area (Å²) in [6, 6.07) is 21.2. The summed E-state index contributed by atoms with van der Waals surface area (Å²) in [4.78, 5) is 21.0. The zero-order valence-electron chi connectivity index (χ0n) is 14.1. The fourth-order valence-corrected chi connectivity index (χ4v) is 2.47. The minimum Gasteiger partial charge on any atom is -0.370 e. The van der Waals surface area contributed by atoms with E-state index in [0.717, 1.165) is 18.7 Å². The van der Waals surface area contributed by atoms with Gasteiger partial charge in [-0.2, -0.15) is 0 Å². The molecule has 5 heteroatoms. The fraction of sp³-hybridized carbons (Fsp3) is 0.150. The Morgan fingerprint density at radius 2 is 1.64 bits per heavy atom. The van der Waals surface area contributed by atoms with Gasteiger partial charge in [-0.3, -0.25) is 4.79 Å². The summed E-state index contributed by atoms with van der Waals surface area (Å²) in [5, 5.41) is 6.10. The second kappa shape index (κ2) is 8.06. The zero-order chi connectivity index (χ0) is 17.5. The van der Waals surface area contributed by atoms with Crippen molar-refractivity contribution in [3.63, 3.8) is 0 Å². The molecule has 0 saturated heterocycles. The summed E-state index contributed by atoms with van der Waals surface area (Å²) < 4.78 is 0. The first-order valence-electron chi connectivity index (χ1n) is 8.20. The van der Waals surface area contributed by atoms with Crippen LogP contribution in [0.5, 0.6) is 0 Å². The third kappa shape index (κ3) is 4.88. The predicted octanol–water partition coefficient (Wildman–Crippen LogP) is 3.69. The molecule has 0 bridgehead atoms. The van der Waals surface area contributed by atoms with E-state index in [1.54, 1.807) is 13.0 Å². The number of nitrogens with one attached hydrogen (secondary N) is 2. The lowest BCUT2D eigenvalue weighted by Gasteiger charge is -2.09. The number of hydrogen-bond donors (Lipinski definition) is 2. The molecule has 1 aromatic heterocycles. The molecule has 25 heavy (non-hydrogen) atoms. The van der Waals surface area contributed by atoms with E-state index in [2.05, 4.69) is 32.7 Å². The monoisotopic (exact) mass is 332 g/mol. The molecule has 3 aromatic rings. The van der Waals surface area contributed by atoms with Gasteiger partial charge in [0, 0.05) is 18.3 Å². The molecule has 0 aliphatic rings. The molecule has 0 unspecified atom stereocenters. The highest BCUT2D eigenvalue weighted by atomic mass is 16.1. The first-order valence-corrected chi connectivity index (χ1v) is 8.20. The van der Waals surface area contributed by atoms with E-state index in [-0.39, 0.29) is 5.91 Å². The quantitative estimate of drug-likeness (QED) is 0.722. The van der Waals surface area contributed by atoms with E-state index in [1.165, 1.54) is 5.56 Å². The second-order valence-electron chi connectivity index (χ2n) is 5.67. The van der Waals surface area contributed by atoms with Gasteiger partial charge >= 0.3 is 0 Å². The number of para-hydroxylation sites is 1. The number of aromatic nitrogens is 2. The predicted molar refractivity (Wildman–Crippen MR) is 99.8 cm³/mol. The fourth-order valence-electron chi connectivity index (χ4n) is 2.47. The van der Waals surface area contributed by atoms with Crippen LogP contribution in [0.15, 0.2) is 66.7 Å². The number of nitrogens with zero attached hydrogens (tertiary/aromatic N) is 2. The van der Waals surface area contributed by atoms with Gasteiger partial charge in [0.1, 0.15) is 17.3 Å². The maximum absolute atomic E-state index is 12.4. The summed E-state index contributed by atoms with van der Waals surface area (Å²) in [6.07, 6.45) is 0.884. The van der Waals surface area contributed by atoms with Gasteiger partial charge in [0.2, 0.25) is 0 Å². The van der Waals surface area contributed by atoms with Crippen molar-refractivity contribution in [2.45, 2.75) is 13.3 Å². The number of anilines is 2. The van der Waals surface area contributed by atoms with Gasteiger partial charge in [-0.1, -0.05) is 48.5 Å². The SMILES string of the molecule is Cc1nc(NCCc2ccccc2)cc(C(=O)Nc2ccccc2)n1. The van der Waals surface area contributed by atoms with Crippen LogP contribution >= 0.6 is 0 Å². The molecule has 0 radical (unpaired) electrons. The lowest BCUT2D eigenvalue weighted by molar-refractivity contribution is 0.102. The van der Waals surface area contributed by atoms with E-state index >= 15 is 0 Å². The number of amides is 1. The van der Waals surface area contributed by atoms with Crippen molar-refractivity contribution < 1.29 is 4.79 Å². The van der Waals surface area contributed by atoms with E-state index in [1.807, 2.05) is 48.5 Å². The highest BCUT2D eigenvalue weighted by molar-refractivity contribution is 6.03. The molecule has 2 N–H and O–H groups in total. The van der Waals surface area contributed by atoms with E-state index in [0.29, 0.717) is 17.3 Å². The van der Waals surface area contributed by atoms with Crippen LogP contribution in [0.4, 0.5) is 11.5 Å². The molecule has 1 heterocycles. The van der Waals surface area contributed by atoms with Crippen molar-refractivity contribution in [2.24, 2.45) is 0 Å². The van der Waals surface area contributed by atoms with Gasteiger partial charge in [0.15, 0.2) is 0 Å². The Hall–Kier alpha value is -3.21. The summed E-state index contributed by atoms with van der Waals surface area (Å²) >= 11 is 0. The molecule has 0 aliphatic carbocycles. The molecule has 0 fully saturated rings. The minimum atomic E-state index is -0.247. The Labute approximate surface area is 147 Å². The topological polar surface area (TPSA) is 66.9 Å². The Kier molecular flexibility index (Phi) is 5.36. The first-order chi connectivity index (χ1) is 12.2. The van der Waals surface area contributed by atoms with E-state index in [9.17, 15) is 4.79 Å². The Balaban J connectivity index is 1.64. The van der Waals surface area contributed by atoms with Crippen LogP contribution < -0.4 is 10.6 Å². The van der Waals surface area contributed by atoms with Crippen LogP contribution in [0.3, 0.4) is 0 Å². The molecule has 1 amide bonds. The van der Waals surface area contributed by atoms with Gasteiger partial charge in [-0.05, 0) is 31.0 Å². The molecule has 0 atom stereocenters. The van der Waals surface area contributed by atoms with Gasteiger partial charge in [0.25, 0.3) is 5.91 Å². The van der Waals surface area contributed by atoms with Crippen molar-refractivity contribution in [2.75, 3.05) is 17.2 Å². The average Bonchev–Trinajstić information content (AvgIpc) is 2.63. The summed E-state index contributed by atoms with van der Waals surface area (Å²) in [5.74, 6) is 0.965. The lowest BCUT2D eigenvalue weighted by Crippen LogP contribution is -2.16. The third-order valence-corrected chi connectivity index (χ3v) is 3.66.